The second-order valence-electron chi connectivity index (χ2n) is 8.65. The predicted molar refractivity (Wildman–Crippen MR) is 121 cm³/mol. The number of para-hydroxylation sites is 1. The summed E-state index contributed by atoms with van der Waals surface area (Å²) >= 11 is 0. The highest BCUT2D eigenvalue weighted by Crippen LogP contribution is 2.28. The Morgan fingerprint density at radius 1 is 1.15 bits per heavy atom. The molecule has 1 saturated heterocycles. The van der Waals surface area contributed by atoms with E-state index in [2.05, 4.69) is 20.1 Å². The molecule has 0 saturated carbocycles. The smallest absolute Gasteiger partial charge is 0.410 e. The fraction of sp³-hybridized carbons (Fsp3) is 0.522. The maximum absolute atomic E-state index is 14.6. The first-order chi connectivity index (χ1) is 15.5. The molecule has 1 aromatic carbocycles. The van der Waals surface area contributed by atoms with Crippen LogP contribution in [0.3, 0.4) is 0 Å². The van der Waals surface area contributed by atoms with Gasteiger partial charge in [-0.05, 0) is 51.7 Å². The lowest BCUT2D eigenvalue weighted by molar-refractivity contribution is -0.138. The van der Waals surface area contributed by atoms with Crippen LogP contribution in [0, 0.1) is 11.7 Å². The monoisotopic (exact) mass is 465 g/mol. The van der Waals surface area contributed by atoms with Gasteiger partial charge in [-0.15, -0.1) is 0 Å². The minimum atomic E-state index is -0.843. The Morgan fingerprint density at radius 3 is 2.39 bits per heavy atom. The van der Waals surface area contributed by atoms with Gasteiger partial charge in [0.1, 0.15) is 17.1 Å². The molecule has 0 atom stereocenters. The van der Waals surface area contributed by atoms with Gasteiger partial charge in [0.15, 0.2) is 0 Å². The fourth-order valence-electron chi connectivity index (χ4n) is 3.27. The van der Waals surface area contributed by atoms with Crippen LogP contribution in [-0.2, 0) is 23.8 Å². The van der Waals surface area contributed by atoms with E-state index in [9.17, 15) is 18.8 Å². The van der Waals surface area contributed by atoms with E-state index in [1.807, 2.05) is 20.8 Å². The molecule has 2 N–H and O–H groups in total. The minimum Gasteiger partial charge on any atom is -0.466 e. The highest BCUT2D eigenvalue weighted by atomic mass is 19.1. The molecule has 10 heteroatoms. The number of esters is 2. The molecule has 1 amide bonds. The van der Waals surface area contributed by atoms with E-state index in [0.717, 1.165) is 33.1 Å². The molecule has 1 fully saturated rings. The number of benzene rings is 1. The summed E-state index contributed by atoms with van der Waals surface area (Å²) in [7, 11) is 2.32. The number of carbonyl (C=O) groups is 3. The molecule has 0 aromatic heterocycles. The Kier molecular flexibility index (Phi) is 9.07. The van der Waals surface area contributed by atoms with Crippen molar-refractivity contribution in [2.75, 3.05) is 44.5 Å². The molecule has 1 heterocycles. The summed E-state index contributed by atoms with van der Waals surface area (Å²) in [6.07, 6.45) is 2.10. The summed E-state index contributed by atoms with van der Waals surface area (Å²) in [5, 5.41) is 5.85. The second-order valence-corrected chi connectivity index (χ2v) is 8.65. The van der Waals surface area contributed by atoms with E-state index in [1.54, 1.807) is 11.0 Å². The number of amides is 1. The predicted octanol–water partition coefficient (Wildman–Crippen LogP) is 3.53. The van der Waals surface area contributed by atoms with Gasteiger partial charge < -0.3 is 29.7 Å². The molecule has 0 spiro atoms. The first kappa shape index (κ1) is 26.0. The van der Waals surface area contributed by atoms with Gasteiger partial charge in [0, 0.05) is 19.6 Å². The molecule has 1 aliphatic rings. The van der Waals surface area contributed by atoms with E-state index in [4.69, 9.17) is 4.74 Å². The lowest BCUT2D eigenvalue weighted by Crippen LogP contribution is -2.42. The lowest BCUT2D eigenvalue weighted by Gasteiger charge is -2.33. The number of carbonyl (C=O) groups excluding carboxylic acids is 3. The second kappa shape index (κ2) is 11.5. The molecule has 0 aliphatic carbocycles. The number of hydrogen-bond acceptors (Lipinski definition) is 8. The van der Waals surface area contributed by atoms with Crippen molar-refractivity contribution >= 4 is 29.4 Å². The third kappa shape index (κ3) is 7.96. The minimum absolute atomic E-state index is 0.00393. The summed E-state index contributed by atoms with van der Waals surface area (Å²) in [6, 6.07) is 4.43. The topological polar surface area (TPSA) is 106 Å². The zero-order valence-corrected chi connectivity index (χ0v) is 19.7. The normalized spacial score (nSPS) is 15.0. The van der Waals surface area contributed by atoms with E-state index >= 15 is 0 Å². The highest BCUT2D eigenvalue weighted by molar-refractivity contribution is 5.99. The van der Waals surface area contributed by atoms with Gasteiger partial charge in [-0.3, -0.25) is 0 Å². The third-order valence-electron chi connectivity index (χ3n) is 4.99. The molecular weight excluding hydrogens is 433 g/mol. The maximum atomic E-state index is 14.6. The Labute approximate surface area is 193 Å². The van der Waals surface area contributed by atoms with Crippen molar-refractivity contribution in [3.8, 4) is 0 Å². The van der Waals surface area contributed by atoms with Gasteiger partial charge in [-0.2, -0.15) is 0 Å². The molecule has 182 valence electrons. The number of hydrogen-bond donors (Lipinski definition) is 2. The number of halogens is 1. The summed E-state index contributed by atoms with van der Waals surface area (Å²) in [5.74, 6) is -1.99. The number of piperidine rings is 1. The van der Waals surface area contributed by atoms with Crippen LogP contribution >= 0.6 is 0 Å². The van der Waals surface area contributed by atoms with Crippen LogP contribution in [0.4, 0.5) is 20.6 Å². The van der Waals surface area contributed by atoms with Gasteiger partial charge in [-0.1, -0.05) is 6.07 Å². The Bertz CT molecular complexity index is 889. The van der Waals surface area contributed by atoms with E-state index in [1.165, 1.54) is 12.1 Å². The summed E-state index contributed by atoms with van der Waals surface area (Å²) in [5.41, 5.74) is -0.376. The zero-order chi connectivity index (χ0) is 24.6. The lowest BCUT2D eigenvalue weighted by atomic mass is 9.97. The van der Waals surface area contributed by atoms with Crippen molar-refractivity contribution in [3.63, 3.8) is 0 Å². The zero-order valence-electron chi connectivity index (χ0n) is 19.7. The number of anilines is 2. The Hall–Kier alpha value is -3.30. The van der Waals surface area contributed by atoms with Crippen LogP contribution < -0.4 is 10.6 Å². The molecule has 1 aromatic rings. The number of nitrogens with zero attached hydrogens (tertiary/aromatic N) is 1. The molecule has 2 rings (SSSR count). The summed E-state index contributed by atoms with van der Waals surface area (Å²) in [6.45, 7) is 7.18. The average molecular weight is 466 g/mol. The van der Waals surface area contributed by atoms with Crippen LogP contribution in [0.1, 0.15) is 33.6 Å². The maximum Gasteiger partial charge on any atom is 0.410 e. The first-order valence-electron chi connectivity index (χ1n) is 10.7. The van der Waals surface area contributed by atoms with E-state index < -0.39 is 23.4 Å². The van der Waals surface area contributed by atoms with Gasteiger partial charge in [-0.25, -0.2) is 18.8 Å². The third-order valence-corrected chi connectivity index (χ3v) is 4.99. The standard InChI is InChI=1S/C23H32FN3O6/c1-23(2,3)33-22(30)27-11-9-15(10-12-27)14-25-17-8-6-7-16(24)20(17)26-18(21(29)32-5)13-19(28)31-4/h6-8,13,15,25-26H,9-12,14H2,1-5H3/b18-13+. The Balaban J connectivity index is 2.03. The summed E-state index contributed by atoms with van der Waals surface area (Å²) < 4.78 is 29.2. The van der Waals surface area contributed by atoms with Gasteiger partial charge in [0.05, 0.1) is 31.7 Å². The van der Waals surface area contributed by atoms with Crippen molar-refractivity contribution < 1.29 is 33.0 Å². The van der Waals surface area contributed by atoms with E-state index in [0.29, 0.717) is 25.3 Å². The van der Waals surface area contributed by atoms with Crippen molar-refractivity contribution in [2.24, 2.45) is 5.92 Å². The van der Waals surface area contributed by atoms with Crippen LogP contribution in [-0.4, -0.2) is 62.4 Å². The number of ether oxygens (including phenoxy) is 3. The van der Waals surface area contributed by atoms with Crippen molar-refractivity contribution in [2.45, 2.75) is 39.2 Å². The average Bonchev–Trinajstić information content (AvgIpc) is 2.77. The molecule has 0 bridgehead atoms. The first-order valence-corrected chi connectivity index (χ1v) is 10.7. The fourth-order valence-corrected chi connectivity index (χ4v) is 3.27. The van der Waals surface area contributed by atoms with Crippen LogP contribution in [0.5, 0.6) is 0 Å². The van der Waals surface area contributed by atoms with E-state index in [-0.39, 0.29) is 23.4 Å². The van der Waals surface area contributed by atoms with Crippen LogP contribution in [0.25, 0.3) is 0 Å². The Morgan fingerprint density at radius 2 is 1.82 bits per heavy atom. The van der Waals surface area contributed by atoms with Gasteiger partial charge >= 0.3 is 18.0 Å². The van der Waals surface area contributed by atoms with Crippen molar-refractivity contribution in [1.29, 1.82) is 0 Å². The number of likely N-dealkylation sites (tertiary alicyclic amines) is 1. The number of nitrogens with one attached hydrogen (secondary N) is 2. The highest BCUT2D eigenvalue weighted by Gasteiger charge is 2.27. The van der Waals surface area contributed by atoms with Crippen molar-refractivity contribution in [3.05, 3.63) is 35.8 Å². The SMILES string of the molecule is COC(=O)/C=C(/Nc1c(F)cccc1NCC1CCN(C(=O)OC(C)(C)C)CC1)C(=O)OC. The molecule has 1 aliphatic heterocycles. The molecule has 9 nitrogen and oxygen atoms in total. The quantitative estimate of drug-likeness (QED) is 0.358. The van der Waals surface area contributed by atoms with Crippen LogP contribution in [0.15, 0.2) is 30.0 Å². The number of rotatable bonds is 7. The van der Waals surface area contributed by atoms with Crippen molar-refractivity contribution in [1.82, 2.24) is 4.90 Å². The largest absolute Gasteiger partial charge is 0.466 e. The van der Waals surface area contributed by atoms with Gasteiger partial charge in [0.2, 0.25) is 0 Å². The molecule has 0 radical (unpaired) electrons. The molecule has 0 unspecified atom stereocenters. The van der Waals surface area contributed by atoms with Gasteiger partial charge in [0.25, 0.3) is 0 Å². The van der Waals surface area contributed by atoms with Crippen LogP contribution in [0.2, 0.25) is 0 Å². The summed E-state index contributed by atoms with van der Waals surface area (Å²) in [4.78, 5) is 37.5. The molecule has 33 heavy (non-hydrogen) atoms. The number of methoxy groups -OCH3 is 2. The molecular formula is C23H32FN3O6.